The smallest absolute Gasteiger partial charge is 0.178 e. The first-order chi connectivity index (χ1) is 16.7. The first kappa shape index (κ1) is 21.4. The van der Waals surface area contributed by atoms with E-state index in [1.807, 2.05) is 12.1 Å². The van der Waals surface area contributed by atoms with Gasteiger partial charge in [0.15, 0.2) is 17.4 Å². The van der Waals surface area contributed by atoms with Gasteiger partial charge in [-0.05, 0) is 36.6 Å². The maximum Gasteiger partial charge on any atom is 0.178 e. The predicted octanol–water partition coefficient (Wildman–Crippen LogP) is 4.19. The molecule has 3 aromatic rings. The highest BCUT2D eigenvalue weighted by molar-refractivity contribution is 5.72. The molecule has 1 aromatic carbocycles. The van der Waals surface area contributed by atoms with Crippen molar-refractivity contribution in [1.29, 1.82) is 0 Å². The van der Waals surface area contributed by atoms with Crippen LogP contribution in [0.1, 0.15) is 48.5 Å². The fourth-order valence-corrected chi connectivity index (χ4v) is 5.37. The quantitative estimate of drug-likeness (QED) is 0.626. The van der Waals surface area contributed by atoms with Gasteiger partial charge in [-0.1, -0.05) is 18.9 Å². The second-order valence-corrected chi connectivity index (χ2v) is 9.28. The summed E-state index contributed by atoms with van der Waals surface area (Å²) in [7, 11) is 0. The number of nitrogens with zero attached hydrogens (tertiary/aromatic N) is 4. The summed E-state index contributed by atoms with van der Waals surface area (Å²) >= 11 is 0. The molecule has 0 saturated heterocycles. The van der Waals surface area contributed by atoms with Crippen LogP contribution in [0.15, 0.2) is 30.5 Å². The Bertz CT molecular complexity index is 1230. The van der Waals surface area contributed by atoms with E-state index in [9.17, 15) is 4.39 Å². The average molecular weight is 464 g/mol. The molecule has 2 aliphatic heterocycles. The summed E-state index contributed by atoms with van der Waals surface area (Å²) in [4.78, 5) is 15.7. The number of hydrogen-bond acceptors (Lipinski definition) is 6. The maximum atomic E-state index is 15.1. The Kier molecular flexibility index (Phi) is 5.61. The molecule has 1 aliphatic carbocycles. The molecule has 8 heteroatoms. The minimum atomic E-state index is -0.572. The van der Waals surface area contributed by atoms with Gasteiger partial charge in [-0.25, -0.2) is 18.7 Å². The van der Waals surface area contributed by atoms with E-state index in [4.69, 9.17) is 9.72 Å². The minimum Gasteiger partial charge on any atom is -0.486 e. The number of aromatic nitrogens is 3. The van der Waals surface area contributed by atoms with Crippen molar-refractivity contribution in [2.45, 2.75) is 51.1 Å². The molecular weight excluding hydrogens is 436 g/mol. The number of fused-ring (bicyclic) bond motifs is 2. The fraction of sp³-hybridized carbons (Fsp3) is 0.423. The molecule has 1 saturated carbocycles. The van der Waals surface area contributed by atoms with Crippen LogP contribution in [0.5, 0.6) is 5.75 Å². The van der Waals surface area contributed by atoms with Gasteiger partial charge in [-0.2, -0.15) is 0 Å². The molecule has 0 unspecified atom stereocenters. The van der Waals surface area contributed by atoms with Crippen molar-refractivity contribution in [3.8, 4) is 17.0 Å². The Morgan fingerprint density at radius 1 is 1.09 bits per heavy atom. The fourth-order valence-electron chi connectivity index (χ4n) is 5.37. The lowest BCUT2D eigenvalue weighted by molar-refractivity contribution is 0.285. The highest BCUT2D eigenvalue weighted by atomic mass is 19.1. The Labute approximate surface area is 197 Å². The molecule has 0 bridgehead atoms. The Morgan fingerprint density at radius 3 is 2.85 bits per heavy atom. The van der Waals surface area contributed by atoms with Crippen molar-refractivity contribution in [1.82, 2.24) is 20.3 Å². The Hall–Kier alpha value is -3.13. The summed E-state index contributed by atoms with van der Waals surface area (Å²) in [6.07, 6.45) is 6.96. The normalized spacial score (nSPS) is 17.9. The van der Waals surface area contributed by atoms with Crippen molar-refractivity contribution < 1.29 is 13.5 Å². The number of anilines is 1. The standard InChI is InChI=1S/C26H27F2N5O/c27-20-11-17(12-23-26(20)34-10-9-33(23)19-3-1-2-4-19)25-21(28)15-30-24(32-25)13-18-6-5-16-14-29-8-7-22(16)31-18/h5-6,11-12,15,19,29H,1-4,7-10,13-14H2. The largest absolute Gasteiger partial charge is 0.486 e. The van der Waals surface area contributed by atoms with E-state index < -0.39 is 11.6 Å². The van der Waals surface area contributed by atoms with Gasteiger partial charge in [-0.15, -0.1) is 0 Å². The van der Waals surface area contributed by atoms with Gasteiger partial charge in [0.05, 0.1) is 24.8 Å². The summed E-state index contributed by atoms with van der Waals surface area (Å²) in [5.74, 6) is -0.347. The molecule has 34 heavy (non-hydrogen) atoms. The number of hydrogen-bond donors (Lipinski definition) is 1. The highest BCUT2D eigenvalue weighted by Crippen LogP contribution is 2.41. The molecule has 0 amide bonds. The molecule has 176 valence electrons. The molecule has 0 atom stereocenters. The third-order valence-electron chi connectivity index (χ3n) is 7.06. The molecule has 3 aliphatic rings. The molecule has 1 fully saturated rings. The van der Waals surface area contributed by atoms with Crippen molar-refractivity contribution in [2.75, 3.05) is 24.6 Å². The summed E-state index contributed by atoms with van der Waals surface area (Å²) in [6.45, 7) is 2.89. The van der Waals surface area contributed by atoms with Crippen molar-refractivity contribution in [3.63, 3.8) is 0 Å². The zero-order valence-corrected chi connectivity index (χ0v) is 19.0. The van der Waals surface area contributed by atoms with E-state index in [-0.39, 0.29) is 11.4 Å². The van der Waals surface area contributed by atoms with Gasteiger partial charge >= 0.3 is 0 Å². The van der Waals surface area contributed by atoms with Gasteiger partial charge < -0.3 is 15.0 Å². The summed E-state index contributed by atoms with van der Waals surface area (Å²) in [5.41, 5.74) is 4.33. The van der Waals surface area contributed by atoms with E-state index in [0.717, 1.165) is 43.7 Å². The maximum absolute atomic E-state index is 15.1. The van der Waals surface area contributed by atoms with Crippen LogP contribution in [-0.2, 0) is 19.4 Å². The zero-order chi connectivity index (χ0) is 23.1. The van der Waals surface area contributed by atoms with Crippen LogP contribution in [0.4, 0.5) is 14.5 Å². The van der Waals surface area contributed by atoms with Crippen LogP contribution in [0, 0.1) is 11.6 Å². The topological polar surface area (TPSA) is 63.2 Å². The summed E-state index contributed by atoms with van der Waals surface area (Å²) in [5, 5.41) is 3.34. The van der Waals surface area contributed by atoms with Crippen LogP contribution in [0.3, 0.4) is 0 Å². The SMILES string of the molecule is Fc1cnc(Cc2ccc3c(n2)CCNC3)nc1-c1cc(F)c2c(c1)N(C1CCCC1)CCO2. The first-order valence-corrected chi connectivity index (χ1v) is 12.1. The van der Waals surface area contributed by atoms with Gasteiger partial charge in [-0.3, -0.25) is 4.98 Å². The number of pyridine rings is 1. The van der Waals surface area contributed by atoms with Crippen LogP contribution in [0.2, 0.25) is 0 Å². The van der Waals surface area contributed by atoms with Crippen molar-refractivity contribution >= 4 is 5.69 Å². The van der Waals surface area contributed by atoms with E-state index >= 15 is 4.39 Å². The first-order valence-electron chi connectivity index (χ1n) is 12.1. The van der Waals surface area contributed by atoms with E-state index in [1.54, 1.807) is 0 Å². The number of ether oxygens (including phenoxy) is 1. The van der Waals surface area contributed by atoms with Crippen molar-refractivity contribution in [2.24, 2.45) is 0 Å². The number of halogens is 2. The Morgan fingerprint density at radius 2 is 1.97 bits per heavy atom. The van der Waals surface area contributed by atoms with Crippen LogP contribution in [-0.4, -0.2) is 40.7 Å². The third kappa shape index (κ3) is 4.00. The van der Waals surface area contributed by atoms with E-state index in [0.29, 0.717) is 42.7 Å². The lowest BCUT2D eigenvalue weighted by Gasteiger charge is -2.36. The molecule has 4 heterocycles. The van der Waals surface area contributed by atoms with Gasteiger partial charge in [0.25, 0.3) is 0 Å². The van der Waals surface area contributed by atoms with E-state index in [2.05, 4.69) is 26.3 Å². The third-order valence-corrected chi connectivity index (χ3v) is 7.06. The molecule has 2 aromatic heterocycles. The predicted molar refractivity (Wildman–Crippen MR) is 125 cm³/mol. The van der Waals surface area contributed by atoms with Crippen LogP contribution in [0.25, 0.3) is 11.3 Å². The molecule has 6 nitrogen and oxygen atoms in total. The van der Waals surface area contributed by atoms with Crippen molar-refractivity contribution in [3.05, 3.63) is 64.9 Å². The minimum absolute atomic E-state index is 0.103. The average Bonchev–Trinajstić information content (AvgIpc) is 3.40. The van der Waals surface area contributed by atoms with Crippen LogP contribution >= 0.6 is 0 Å². The number of nitrogens with one attached hydrogen (secondary N) is 1. The molecular formula is C26H27F2N5O. The molecule has 1 N–H and O–H groups in total. The summed E-state index contributed by atoms with van der Waals surface area (Å²) in [6, 6.07) is 7.54. The lowest BCUT2D eigenvalue weighted by atomic mass is 10.0. The second-order valence-electron chi connectivity index (χ2n) is 9.28. The monoisotopic (exact) mass is 463 g/mol. The van der Waals surface area contributed by atoms with Gasteiger partial charge in [0, 0.05) is 42.5 Å². The summed E-state index contributed by atoms with van der Waals surface area (Å²) < 4.78 is 35.6. The highest BCUT2D eigenvalue weighted by Gasteiger charge is 2.30. The number of rotatable bonds is 4. The van der Waals surface area contributed by atoms with E-state index in [1.165, 1.54) is 30.7 Å². The molecule has 0 radical (unpaired) electrons. The van der Waals surface area contributed by atoms with Gasteiger partial charge in [0.2, 0.25) is 0 Å². The second kappa shape index (κ2) is 8.91. The number of benzene rings is 1. The van der Waals surface area contributed by atoms with Gasteiger partial charge in [0.1, 0.15) is 18.1 Å². The van der Waals surface area contributed by atoms with Crippen LogP contribution < -0.4 is 15.0 Å². The Balaban J connectivity index is 1.34. The molecule has 6 rings (SSSR count). The molecule has 0 spiro atoms. The zero-order valence-electron chi connectivity index (χ0n) is 19.0. The lowest BCUT2D eigenvalue weighted by Crippen LogP contribution is -2.40.